The third-order valence-electron chi connectivity index (χ3n) is 4.82. The van der Waals surface area contributed by atoms with Crippen molar-refractivity contribution in [2.75, 3.05) is 24.6 Å². The molecule has 1 saturated heterocycles. The van der Waals surface area contributed by atoms with Crippen molar-refractivity contribution in [3.63, 3.8) is 0 Å². The number of aromatic nitrogens is 1. The molecule has 2 heterocycles. The number of aryl methyl sites for hydroxylation is 1. The van der Waals surface area contributed by atoms with Gasteiger partial charge in [-0.1, -0.05) is 48.2 Å². The summed E-state index contributed by atoms with van der Waals surface area (Å²) < 4.78 is 5.70. The molecule has 4 rings (SSSR count). The SMILES string of the molecule is Cc1ccccc1[C@@H]1CCN(C(=O)CSc2nc3ccccc3o2)CCS1. The van der Waals surface area contributed by atoms with E-state index in [1.165, 1.54) is 22.9 Å². The Balaban J connectivity index is 1.34. The summed E-state index contributed by atoms with van der Waals surface area (Å²) in [6, 6.07) is 16.2. The Morgan fingerprint density at radius 2 is 2.04 bits per heavy atom. The maximum Gasteiger partial charge on any atom is 0.257 e. The molecule has 1 atom stereocenters. The molecule has 3 aromatic rings. The van der Waals surface area contributed by atoms with E-state index in [1.807, 2.05) is 40.9 Å². The zero-order valence-electron chi connectivity index (χ0n) is 15.3. The molecule has 1 aliphatic heterocycles. The van der Waals surface area contributed by atoms with Gasteiger partial charge in [-0.15, -0.1) is 0 Å². The quantitative estimate of drug-likeness (QED) is 0.583. The van der Waals surface area contributed by atoms with Crippen LogP contribution in [0, 0.1) is 6.92 Å². The van der Waals surface area contributed by atoms with E-state index in [2.05, 4.69) is 36.2 Å². The first-order chi connectivity index (χ1) is 13.2. The molecule has 4 nitrogen and oxygen atoms in total. The van der Waals surface area contributed by atoms with Crippen LogP contribution in [0.1, 0.15) is 22.8 Å². The summed E-state index contributed by atoms with van der Waals surface area (Å²) in [7, 11) is 0. The van der Waals surface area contributed by atoms with Gasteiger partial charge in [0.05, 0.1) is 5.75 Å². The first kappa shape index (κ1) is 18.4. The highest BCUT2D eigenvalue weighted by molar-refractivity contribution is 7.99. The molecule has 27 heavy (non-hydrogen) atoms. The van der Waals surface area contributed by atoms with Crippen molar-refractivity contribution in [3.05, 3.63) is 59.7 Å². The molecule has 1 aromatic heterocycles. The van der Waals surface area contributed by atoms with Crippen molar-refractivity contribution in [1.82, 2.24) is 9.88 Å². The van der Waals surface area contributed by atoms with Crippen molar-refractivity contribution in [2.24, 2.45) is 0 Å². The second kappa shape index (κ2) is 8.40. The van der Waals surface area contributed by atoms with Crippen molar-refractivity contribution in [2.45, 2.75) is 23.8 Å². The van der Waals surface area contributed by atoms with Gasteiger partial charge in [0.25, 0.3) is 5.22 Å². The monoisotopic (exact) mass is 398 g/mol. The van der Waals surface area contributed by atoms with Crippen LogP contribution >= 0.6 is 23.5 Å². The summed E-state index contributed by atoms with van der Waals surface area (Å²) in [5.74, 6) is 1.50. The number of carbonyl (C=O) groups excluding carboxylic acids is 1. The number of carbonyl (C=O) groups is 1. The second-order valence-electron chi connectivity index (χ2n) is 6.62. The van der Waals surface area contributed by atoms with Crippen LogP contribution in [0.15, 0.2) is 58.2 Å². The zero-order chi connectivity index (χ0) is 18.6. The number of fused-ring (bicyclic) bond motifs is 1. The number of amides is 1. The highest BCUT2D eigenvalue weighted by Crippen LogP contribution is 2.36. The number of hydrogen-bond acceptors (Lipinski definition) is 5. The van der Waals surface area contributed by atoms with E-state index in [4.69, 9.17) is 4.42 Å². The van der Waals surface area contributed by atoms with Gasteiger partial charge in [-0.05, 0) is 36.6 Å². The summed E-state index contributed by atoms with van der Waals surface area (Å²) in [6.45, 7) is 3.78. The topological polar surface area (TPSA) is 46.3 Å². The number of para-hydroxylation sites is 2. The summed E-state index contributed by atoms with van der Waals surface area (Å²) in [5.41, 5.74) is 4.33. The Hall–Kier alpha value is -1.92. The van der Waals surface area contributed by atoms with Gasteiger partial charge < -0.3 is 9.32 Å². The molecule has 0 N–H and O–H groups in total. The van der Waals surface area contributed by atoms with Gasteiger partial charge in [0.15, 0.2) is 5.58 Å². The molecule has 0 saturated carbocycles. The number of hydrogen-bond donors (Lipinski definition) is 0. The molecule has 1 aliphatic rings. The molecule has 0 unspecified atom stereocenters. The minimum atomic E-state index is 0.160. The van der Waals surface area contributed by atoms with E-state index in [1.54, 1.807) is 0 Å². The number of nitrogens with zero attached hydrogens (tertiary/aromatic N) is 2. The first-order valence-electron chi connectivity index (χ1n) is 9.14. The highest BCUT2D eigenvalue weighted by atomic mass is 32.2. The van der Waals surface area contributed by atoms with E-state index >= 15 is 0 Å². The van der Waals surface area contributed by atoms with E-state index < -0.39 is 0 Å². The molecule has 1 amide bonds. The standard InChI is InChI=1S/C21H22N2O2S2/c1-15-6-2-3-7-16(15)19-10-11-23(12-13-26-19)20(24)14-27-21-22-17-8-4-5-9-18(17)25-21/h2-9,19H,10-14H2,1H3/t19-/m0/s1. The lowest BCUT2D eigenvalue weighted by Gasteiger charge is -2.20. The predicted octanol–water partition coefficient (Wildman–Crippen LogP) is 4.94. The lowest BCUT2D eigenvalue weighted by molar-refractivity contribution is -0.128. The number of rotatable bonds is 4. The smallest absolute Gasteiger partial charge is 0.257 e. The Bertz CT molecular complexity index is 908. The Labute approximate surface area is 167 Å². The maximum absolute atomic E-state index is 12.7. The Morgan fingerprint density at radius 3 is 2.89 bits per heavy atom. The van der Waals surface area contributed by atoms with Crippen LogP contribution in [0.2, 0.25) is 0 Å². The summed E-state index contributed by atoms with van der Waals surface area (Å²) in [4.78, 5) is 19.1. The molecule has 2 aromatic carbocycles. The molecule has 6 heteroatoms. The second-order valence-corrected chi connectivity index (χ2v) is 8.86. The van der Waals surface area contributed by atoms with Gasteiger partial charge in [-0.3, -0.25) is 4.79 Å². The molecule has 140 valence electrons. The van der Waals surface area contributed by atoms with E-state index in [-0.39, 0.29) is 5.91 Å². The summed E-state index contributed by atoms with van der Waals surface area (Å²) in [6.07, 6.45) is 0.995. The minimum absolute atomic E-state index is 0.160. The van der Waals surface area contributed by atoms with Crippen molar-refractivity contribution < 1.29 is 9.21 Å². The molecule has 1 fully saturated rings. The van der Waals surface area contributed by atoms with Crippen LogP contribution in [-0.2, 0) is 4.79 Å². The summed E-state index contributed by atoms with van der Waals surface area (Å²) in [5, 5.41) is 1.03. The number of thioether (sulfide) groups is 2. The molecular weight excluding hydrogens is 376 g/mol. The van der Waals surface area contributed by atoms with Crippen LogP contribution < -0.4 is 0 Å². The third-order valence-corrected chi connectivity index (χ3v) is 6.95. The van der Waals surface area contributed by atoms with E-state index in [9.17, 15) is 4.79 Å². The molecule has 0 aliphatic carbocycles. The first-order valence-corrected chi connectivity index (χ1v) is 11.2. The molecule has 0 bridgehead atoms. The van der Waals surface area contributed by atoms with Gasteiger partial charge in [-0.2, -0.15) is 11.8 Å². The van der Waals surface area contributed by atoms with Crippen molar-refractivity contribution in [3.8, 4) is 0 Å². The molecule has 0 spiro atoms. The number of oxazole rings is 1. The average molecular weight is 399 g/mol. The van der Waals surface area contributed by atoms with Crippen LogP contribution in [0.3, 0.4) is 0 Å². The third kappa shape index (κ3) is 4.33. The van der Waals surface area contributed by atoms with Gasteiger partial charge in [0.2, 0.25) is 5.91 Å². The van der Waals surface area contributed by atoms with Crippen LogP contribution in [0.5, 0.6) is 0 Å². The maximum atomic E-state index is 12.7. The Kier molecular flexibility index (Phi) is 5.74. The zero-order valence-corrected chi connectivity index (χ0v) is 16.9. The number of benzene rings is 2. The fourth-order valence-electron chi connectivity index (χ4n) is 3.34. The highest BCUT2D eigenvalue weighted by Gasteiger charge is 2.23. The minimum Gasteiger partial charge on any atom is -0.431 e. The van der Waals surface area contributed by atoms with Crippen molar-refractivity contribution in [1.29, 1.82) is 0 Å². The van der Waals surface area contributed by atoms with Gasteiger partial charge in [-0.25, -0.2) is 4.98 Å². The lowest BCUT2D eigenvalue weighted by Crippen LogP contribution is -2.34. The lowest BCUT2D eigenvalue weighted by atomic mass is 10.0. The van der Waals surface area contributed by atoms with Gasteiger partial charge >= 0.3 is 0 Å². The van der Waals surface area contributed by atoms with Crippen molar-refractivity contribution >= 4 is 40.5 Å². The van der Waals surface area contributed by atoms with E-state index in [0.717, 1.165) is 36.4 Å². The fourth-order valence-corrected chi connectivity index (χ4v) is 5.41. The molecular formula is C21H22N2O2S2. The van der Waals surface area contributed by atoms with Gasteiger partial charge in [0, 0.05) is 24.1 Å². The van der Waals surface area contributed by atoms with Gasteiger partial charge in [0.1, 0.15) is 5.52 Å². The Morgan fingerprint density at radius 1 is 1.22 bits per heavy atom. The van der Waals surface area contributed by atoms with Crippen LogP contribution in [0.4, 0.5) is 0 Å². The average Bonchev–Trinajstić information content (AvgIpc) is 2.94. The largest absolute Gasteiger partial charge is 0.431 e. The predicted molar refractivity (Wildman–Crippen MR) is 112 cm³/mol. The van der Waals surface area contributed by atoms with Crippen LogP contribution in [-0.4, -0.2) is 40.4 Å². The summed E-state index contributed by atoms with van der Waals surface area (Å²) >= 11 is 3.34. The van der Waals surface area contributed by atoms with Crippen LogP contribution in [0.25, 0.3) is 11.1 Å². The van der Waals surface area contributed by atoms with E-state index in [0.29, 0.717) is 16.2 Å². The molecule has 0 radical (unpaired) electrons. The fraction of sp³-hybridized carbons (Fsp3) is 0.333. The normalized spacial score (nSPS) is 17.8.